The standard InChI is InChI=1S/C26H20Cl2FN3O4S/c27-20-12-19(30-22(33)11-15-1-3-16(4-2-15)14-37(34)35)13-21(28)23(20)26(9-10-26)25-31-24(36-32-25)17-5-7-18(29)8-6-17/h1-8,12-13H,9-11,14H2,(H,30,33)(H,34,35). The van der Waals surface area contributed by atoms with Gasteiger partial charge >= 0.3 is 0 Å². The molecule has 4 aromatic rings. The number of nitrogens with zero attached hydrogens (tertiary/aromatic N) is 2. The van der Waals surface area contributed by atoms with Crippen molar-refractivity contribution >= 4 is 45.9 Å². The van der Waals surface area contributed by atoms with Crippen molar-refractivity contribution in [3.63, 3.8) is 0 Å². The van der Waals surface area contributed by atoms with E-state index in [-0.39, 0.29) is 29.8 Å². The number of benzene rings is 3. The molecule has 0 aliphatic heterocycles. The lowest BCUT2D eigenvalue weighted by Crippen LogP contribution is -2.16. The highest BCUT2D eigenvalue weighted by Gasteiger charge is 2.52. The molecule has 11 heteroatoms. The van der Waals surface area contributed by atoms with Crippen LogP contribution < -0.4 is 5.32 Å². The molecule has 1 fully saturated rings. The van der Waals surface area contributed by atoms with E-state index in [1.807, 2.05) is 0 Å². The zero-order chi connectivity index (χ0) is 26.2. The smallest absolute Gasteiger partial charge is 0.257 e. The summed E-state index contributed by atoms with van der Waals surface area (Å²) < 4.78 is 38.6. The van der Waals surface area contributed by atoms with Gasteiger partial charge in [-0.3, -0.25) is 4.79 Å². The maximum absolute atomic E-state index is 13.3. The molecule has 1 heterocycles. The van der Waals surface area contributed by atoms with Crippen molar-refractivity contribution in [1.29, 1.82) is 0 Å². The number of aromatic nitrogens is 2. The van der Waals surface area contributed by atoms with Gasteiger partial charge in [0.15, 0.2) is 16.9 Å². The fraction of sp³-hybridized carbons (Fsp3) is 0.192. The zero-order valence-corrected chi connectivity index (χ0v) is 21.5. The zero-order valence-electron chi connectivity index (χ0n) is 19.2. The largest absolute Gasteiger partial charge is 0.334 e. The van der Waals surface area contributed by atoms with Gasteiger partial charge in [-0.2, -0.15) is 4.98 Å². The number of halogens is 3. The van der Waals surface area contributed by atoms with E-state index in [0.717, 1.165) is 18.4 Å². The number of rotatable bonds is 8. The number of amides is 1. The van der Waals surface area contributed by atoms with Crippen LogP contribution in [0.4, 0.5) is 10.1 Å². The Balaban J connectivity index is 1.31. The summed E-state index contributed by atoms with van der Waals surface area (Å²) in [7, 11) is 0. The molecule has 0 saturated heterocycles. The lowest BCUT2D eigenvalue weighted by atomic mass is 9.94. The highest BCUT2D eigenvalue weighted by molar-refractivity contribution is 7.78. The minimum atomic E-state index is -1.92. The molecule has 3 aromatic carbocycles. The molecule has 1 unspecified atom stereocenters. The highest BCUT2D eigenvalue weighted by Crippen LogP contribution is 2.57. The molecule has 1 amide bonds. The van der Waals surface area contributed by atoms with Gasteiger partial charge in [0.2, 0.25) is 5.91 Å². The quantitative estimate of drug-likeness (QED) is 0.250. The summed E-state index contributed by atoms with van der Waals surface area (Å²) in [6.45, 7) is 0. The Morgan fingerprint density at radius 3 is 2.27 bits per heavy atom. The van der Waals surface area contributed by atoms with Gasteiger partial charge in [0, 0.05) is 26.9 Å². The summed E-state index contributed by atoms with van der Waals surface area (Å²) in [6, 6.07) is 16.0. The monoisotopic (exact) mass is 559 g/mol. The molecule has 190 valence electrons. The molecule has 1 aliphatic rings. The molecular formula is C26H20Cl2FN3O4S. The van der Waals surface area contributed by atoms with Gasteiger partial charge in [-0.15, -0.1) is 0 Å². The molecule has 0 spiro atoms. The first-order valence-electron chi connectivity index (χ1n) is 11.3. The summed E-state index contributed by atoms with van der Waals surface area (Å²) >= 11 is 11.4. The molecule has 1 aromatic heterocycles. The molecule has 5 rings (SSSR count). The second kappa shape index (κ2) is 10.3. The van der Waals surface area contributed by atoms with E-state index in [4.69, 9.17) is 32.3 Å². The first kappa shape index (κ1) is 25.5. The fourth-order valence-corrected chi connectivity index (χ4v) is 5.55. The van der Waals surface area contributed by atoms with Crippen molar-refractivity contribution in [2.45, 2.75) is 30.4 Å². The summed E-state index contributed by atoms with van der Waals surface area (Å²) in [5.41, 5.74) is 2.58. The first-order valence-corrected chi connectivity index (χ1v) is 13.3. The summed E-state index contributed by atoms with van der Waals surface area (Å²) in [4.78, 5) is 17.1. The van der Waals surface area contributed by atoms with Crippen molar-refractivity contribution < 1.29 is 22.5 Å². The number of nitrogens with one attached hydrogen (secondary N) is 1. The Labute approximate surface area is 224 Å². The highest BCUT2D eigenvalue weighted by atomic mass is 35.5. The van der Waals surface area contributed by atoms with Crippen LogP contribution in [-0.2, 0) is 33.5 Å². The van der Waals surface area contributed by atoms with E-state index in [9.17, 15) is 13.4 Å². The van der Waals surface area contributed by atoms with E-state index in [1.54, 1.807) is 48.5 Å². The molecule has 1 atom stereocenters. The lowest BCUT2D eigenvalue weighted by Gasteiger charge is -2.17. The number of hydrogen-bond acceptors (Lipinski definition) is 5. The Morgan fingerprint density at radius 1 is 1.05 bits per heavy atom. The molecule has 0 bridgehead atoms. The SMILES string of the molecule is O=C(Cc1ccc(CS(=O)O)cc1)Nc1cc(Cl)c(C2(c3noc(-c4ccc(F)cc4)n3)CC2)c(Cl)c1. The number of carbonyl (C=O) groups is 1. The van der Waals surface area contributed by atoms with Gasteiger partial charge in [-0.25, -0.2) is 8.60 Å². The van der Waals surface area contributed by atoms with Gasteiger partial charge in [0.05, 0.1) is 17.6 Å². The Kier molecular flexibility index (Phi) is 7.13. The van der Waals surface area contributed by atoms with E-state index >= 15 is 0 Å². The van der Waals surface area contributed by atoms with Crippen LogP contribution in [0, 0.1) is 5.82 Å². The van der Waals surface area contributed by atoms with Gasteiger partial charge in [0.1, 0.15) is 5.82 Å². The van der Waals surface area contributed by atoms with Gasteiger partial charge in [-0.05, 0) is 60.4 Å². The Morgan fingerprint density at radius 2 is 1.68 bits per heavy atom. The number of hydrogen-bond donors (Lipinski definition) is 2. The van der Waals surface area contributed by atoms with Gasteiger partial charge in [-0.1, -0.05) is 52.6 Å². The summed E-state index contributed by atoms with van der Waals surface area (Å²) in [6.07, 6.45) is 1.55. The average molecular weight is 560 g/mol. The van der Waals surface area contributed by atoms with Crippen molar-refractivity contribution in [3.8, 4) is 11.5 Å². The van der Waals surface area contributed by atoms with Gasteiger partial charge in [0.25, 0.3) is 5.89 Å². The van der Waals surface area contributed by atoms with Crippen molar-refractivity contribution in [3.05, 3.63) is 99.0 Å². The van der Waals surface area contributed by atoms with Crippen LogP contribution in [0.25, 0.3) is 11.5 Å². The third-order valence-electron chi connectivity index (χ3n) is 6.18. The fourth-order valence-electron chi connectivity index (χ4n) is 4.23. The molecular weight excluding hydrogens is 540 g/mol. The lowest BCUT2D eigenvalue weighted by molar-refractivity contribution is -0.115. The topological polar surface area (TPSA) is 105 Å². The summed E-state index contributed by atoms with van der Waals surface area (Å²) in [5, 5.41) is 7.70. The maximum Gasteiger partial charge on any atom is 0.257 e. The predicted molar refractivity (Wildman–Crippen MR) is 139 cm³/mol. The van der Waals surface area contributed by atoms with E-state index in [1.165, 1.54) is 12.1 Å². The Bertz CT molecular complexity index is 1470. The minimum absolute atomic E-state index is 0.0364. The second-order valence-corrected chi connectivity index (χ2v) is 10.6. The normalized spacial score (nSPS) is 14.8. The third kappa shape index (κ3) is 5.60. The van der Waals surface area contributed by atoms with Crippen LogP contribution in [-0.4, -0.2) is 24.8 Å². The Hall–Kier alpha value is -3.11. The molecule has 2 N–H and O–H groups in total. The van der Waals surface area contributed by atoms with E-state index < -0.39 is 16.5 Å². The van der Waals surface area contributed by atoms with Crippen LogP contribution in [0.5, 0.6) is 0 Å². The number of carbonyl (C=O) groups excluding carboxylic acids is 1. The van der Waals surface area contributed by atoms with Gasteiger partial charge < -0.3 is 14.4 Å². The van der Waals surface area contributed by atoms with Crippen molar-refractivity contribution in [2.24, 2.45) is 0 Å². The van der Waals surface area contributed by atoms with E-state index in [2.05, 4.69) is 15.5 Å². The van der Waals surface area contributed by atoms with E-state index in [0.29, 0.717) is 38.2 Å². The van der Waals surface area contributed by atoms with Crippen molar-refractivity contribution in [2.75, 3.05) is 5.32 Å². The molecule has 0 radical (unpaired) electrons. The molecule has 1 saturated carbocycles. The average Bonchev–Trinajstić information content (AvgIpc) is 3.46. The number of anilines is 1. The molecule has 1 aliphatic carbocycles. The van der Waals surface area contributed by atoms with Crippen LogP contribution in [0.1, 0.15) is 35.4 Å². The summed E-state index contributed by atoms with van der Waals surface area (Å²) in [5.74, 6) is 0.134. The van der Waals surface area contributed by atoms with Crippen LogP contribution in [0.15, 0.2) is 65.2 Å². The van der Waals surface area contributed by atoms with Crippen LogP contribution in [0.2, 0.25) is 10.0 Å². The molecule has 37 heavy (non-hydrogen) atoms. The van der Waals surface area contributed by atoms with Crippen LogP contribution in [0.3, 0.4) is 0 Å². The van der Waals surface area contributed by atoms with Crippen LogP contribution >= 0.6 is 23.2 Å². The maximum atomic E-state index is 13.3. The van der Waals surface area contributed by atoms with Crippen molar-refractivity contribution in [1.82, 2.24) is 10.1 Å². The third-order valence-corrected chi connectivity index (χ3v) is 7.35. The predicted octanol–water partition coefficient (Wildman–Crippen LogP) is 6.17. The minimum Gasteiger partial charge on any atom is -0.334 e. The second-order valence-electron chi connectivity index (χ2n) is 8.83. The first-order chi connectivity index (χ1) is 17.7. The molecule has 7 nitrogen and oxygen atoms in total.